The topological polar surface area (TPSA) is 54.0 Å². The first-order chi connectivity index (χ1) is 7.74. The fourth-order valence-electron chi connectivity index (χ4n) is 1.39. The first kappa shape index (κ1) is 12.6. The van der Waals surface area contributed by atoms with Crippen LogP contribution in [0.3, 0.4) is 0 Å². The van der Waals surface area contributed by atoms with Gasteiger partial charge < -0.3 is 10.6 Å². The molecule has 0 unspecified atom stereocenters. The maximum absolute atomic E-state index is 11.5. The number of nitrogens with one attached hydrogen (secondary N) is 2. The molecule has 16 heavy (non-hydrogen) atoms. The summed E-state index contributed by atoms with van der Waals surface area (Å²) in [5, 5.41) is 5.98. The zero-order valence-corrected chi connectivity index (χ0v) is 9.86. The highest BCUT2D eigenvalue weighted by atomic mass is 16.1. The smallest absolute Gasteiger partial charge is 0.234 e. The third kappa shape index (κ3) is 4.40. The van der Waals surface area contributed by atoms with Gasteiger partial charge in [0.05, 0.1) is 12.6 Å². The fourth-order valence-corrected chi connectivity index (χ4v) is 1.39. The van der Waals surface area contributed by atoms with Gasteiger partial charge in [0, 0.05) is 12.4 Å². The summed E-state index contributed by atoms with van der Waals surface area (Å²) in [6.45, 7) is 5.27. The van der Waals surface area contributed by atoms with Gasteiger partial charge >= 0.3 is 0 Å². The van der Waals surface area contributed by atoms with Crippen LogP contribution in [0.1, 0.15) is 31.9 Å². The molecular formula is C12H19N3O. The predicted molar refractivity (Wildman–Crippen MR) is 64.0 cm³/mol. The van der Waals surface area contributed by atoms with Gasteiger partial charge in [-0.1, -0.05) is 13.0 Å². The van der Waals surface area contributed by atoms with Crippen LogP contribution in [0.25, 0.3) is 0 Å². The number of hydrogen-bond acceptors (Lipinski definition) is 3. The lowest BCUT2D eigenvalue weighted by Gasteiger charge is -2.13. The molecule has 0 spiro atoms. The Kier molecular flexibility index (Phi) is 5.50. The Hall–Kier alpha value is -1.42. The summed E-state index contributed by atoms with van der Waals surface area (Å²) in [5.74, 6) is 0.0183. The summed E-state index contributed by atoms with van der Waals surface area (Å²) >= 11 is 0. The molecule has 0 saturated carbocycles. The van der Waals surface area contributed by atoms with Crippen molar-refractivity contribution in [2.24, 2.45) is 0 Å². The minimum absolute atomic E-state index is 0.00428. The Labute approximate surface area is 96.5 Å². The van der Waals surface area contributed by atoms with E-state index in [1.54, 1.807) is 12.4 Å². The minimum Gasteiger partial charge on any atom is -0.348 e. The Bertz CT molecular complexity index is 313. The van der Waals surface area contributed by atoms with Crippen LogP contribution >= 0.6 is 0 Å². The zero-order chi connectivity index (χ0) is 11.8. The molecule has 88 valence electrons. The molecule has 4 nitrogen and oxygen atoms in total. The highest BCUT2D eigenvalue weighted by molar-refractivity contribution is 5.78. The molecular weight excluding hydrogens is 202 g/mol. The van der Waals surface area contributed by atoms with Gasteiger partial charge in [0.1, 0.15) is 0 Å². The van der Waals surface area contributed by atoms with Crippen molar-refractivity contribution < 1.29 is 4.79 Å². The van der Waals surface area contributed by atoms with E-state index in [4.69, 9.17) is 0 Å². The maximum atomic E-state index is 11.5. The van der Waals surface area contributed by atoms with Gasteiger partial charge in [0.15, 0.2) is 0 Å². The van der Waals surface area contributed by atoms with E-state index in [0.29, 0.717) is 6.54 Å². The van der Waals surface area contributed by atoms with Gasteiger partial charge in [-0.2, -0.15) is 0 Å². The number of nitrogens with zero attached hydrogens (tertiary/aromatic N) is 1. The molecule has 0 aliphatic carbocycles. The normalized spacial score (nSPS) is 12.1. The molecule has 0 aromatic carbocycles. The summed E-state index contributed by atoms with van der Waals surface area (Å²) in [4.78, 5) is 15.5. The molecule has 0 saturated heterocycles. The Morgan fingerprint density at radius 1 is 1.56 bits per heavy atom. The third-order valence-corrected chi connectivity index (χ3v) is 2.27. The lowest BCUT2D eigenvalue weighted by Crippen LogP contribution is -2.35. The first-order valence-electron chi connectivity index (χ1n) is 5.64. The van der Waals surface area contributed by atoms with Crippen LogP contribution in [0.4, 0.5) is 0 Å². The molecule has 0 aliphatic heterocycles. The van der Waals surface area contributed by atoms with Crippen LogP contribution in [-0.4, -0.2) is 24.0 Å². The summed E-state index contributed by atoms with van der Waals surface area (Å²) in [6.07, 6.45) is 4.52. The number of hydrogen-bond donors (Lipinski definition) is 2. The first-order valence-corrected chi connectivity index (χ1v) is 5.64. The average molecular weight is 221 g/mol. The van der Waals surface area contributed by atoms with Crippen LogP contribution < -0.4 is 10.6 Å². The van der Waals surface area contributed by atoms with Crippen LogP contribution in [0.5, 0.6) is 0 Å². The molecule has 1 aromatic rings. The maximum Gasteiger partial charge on any atom is 0.234 e. The molecule has 0 aliphatic rings. The van der Waals surface area contributed by atoms with Crippen molar-refractivity contribution in [3.05, 3.63) is 30.1 Å². The predicted octanol–water partition coefficient (Wildman–Crippen LogP) is 1.26. The lowest BCUT2D eigenvalue weighted by atomic mass is 10.1. The van der Waals surface area contributed by atoms with Crippen LogP contribution in [0.15, 0.2) is 24.5 Å². The van der Waals surface area contributed by atoms with Gasteiger partial charge in [0.25, 0.3) is 0 Å². The van der Waals surface area contributed by atoms with Crippen molar-refractivity contribution in [1.82, 2.24) is 15.6 Å². The second-order valence-electron chi connectivity index (χ2n) is 3.75. The Morgan fingerprint density at radius 3 is 3.00 bits per heavy atom. The molecule has 1 aromatic heterocycles. The van der Waals surface area contributed by atoms with E-state index in [1.165, 1.54) is 0 Å². The Balaban J connectivity index is 2.34. The van der Waals surface area contributed by atoms with Crippen molar-refractivity contribution >= 4 is 5.91 Å². The molecule has 1 rings (SSSR count). The minimum atomic E-state index is 0.00428. The molecule has 0 fully saturated rings. The number of carbonyl (C=O) groups is 1. The molecule has 1 atom stereocenters. The van der Waals surface area contributed by atoms with Crippen molar-refractivity contribution in [2.75, 3.05) is 13.1 Å². The fraction of sp³-hybridized carbons (Fsp3) is 0.500. The van der Waals surface area contributed by atoms with Crippen LogP contribution in [0.2, 0.25) is 0 Å². The van der Waals surface area contributed by atoms with Crippen molar-refractivity contribution in [3.8, 4) is 0 Å². The standard InChI is InChI=1S/C12H19N3O/c1-3-6-13-9-12(16)15-10(2)11-5-4-7-14-8-11/h4-5,7-8,10,13H,3,6,9H2,1-2H3,(H,15,16)/t10-/m1/s1. The molecule has 2 N–H and O–H groups in total. The van der Waals surface area contributed by atoms with E-state index in [0.717, 1.165) is 18.5 Å². The van der Waals surface area contributed by atoms with E-state index >= 15 is 0 Å². The van der Waals surface area contributed by atoms with Crippen molar-refractivity contribution in [3.63, 3.8) is 0 Å². The number of aromatic nitrogens is 1. The number of amides is 1. The van der Waals surface area contributed by atoms with Gasteiger partial charge in [-0.25, -0.2) is 0 Å². The molecule has 4 heteroatoms. The highest BCUT2D eigenvalue weighted by Crippen LogP contribution is 2.08. The summed E-state index contributed by atoms with van der Waals surface area (Å²) in [6, 6.07) is 3.83. The van der Waals surface area contributed by atoms with Gasteiger partial charge in [-0.05, 0) is 31.5 Å². The average Bonchev–Trinajstić information content (AvgIpc) is 2.30. The summed E-state index contributed by atoms with van der Waals surface area (Å²) < 4.78 is 0. The quantitative estimate of drug-likeness (QED) is 0.711. The molecule has 1 heterocycles. The van der Waals surface area contributed by atoms with E-state index < -0.39 is 0 Å². The number of carbonyl (C=O) groups excluding carboxylic acids is 1. The Morgan fingerprint density at radius 2 is 2.38 bits per heavy atom. The van der Waals surface area contributed by atoms with E-state index in [9.17, 15) is 4.79 Å². The highest BCUT2D eigenvalue weighted by Gasteiger charge is 2.08. The number of pyridine rings is 1. The second-order valence-corrected chi connectivity index (χ2v) is 3.75. The summed E-state index contributed by atoms with van der Waals surface area (Å²) in [5.41, 5.74) is 1.02. The summed E-state index contributed by atoms with van der Waals surface area (Å²) in [7, 11) is 0. The van der Waals surface area contributed by atoms with Gasteiger partial charge in [-0.15, -0.1) is 0 Å². The lowest BCUT2D eigenvalue weighted by molar-refractivity contribution is -0.120. The van der Waals surface area contributed by atoms with Gasteiger partial charge in [0.2, 0.25) is 5.91 Å². The third-order valence-electron chi connectivity index (χ3n) is 2.27. The second kappa shape index (κ2) is 6.95. The van der Waals surface area contributed by atoms with E-state index in [1.807, 2.05) is 19.1 Å². The molecule has 0 bridgehead atoms. The molecule has 1 amide bonds. The SMILES string of the molecule is CCCNCC(=O)N[C@H](C)c1cccnc1. The zero-order valence-electron chi connectivity index (χ0n) is 9.86. The van der Waals surface area contributed by atoms with Gasteiger partial charge in [-0.3, -0.25) is 9.78 Å². The monoisotopic (exact) mass is 221 g/mol. The molecule has 0 radical (unpaired) electrons. The van der Waals surface area contributed by atoms with Crippen LogP contribution in [-0.2, 0) is 4.79 Å². The number of rotatable bonds is 6. The van der Waals surface area contributed by atoms with Crippen molar-refractivity contribution in [1.29, 1.82) is 0 Å². The van der Waals surface area contributed by atoms with E-state index in [2.05, 4.69) is 22.5 Å². The largest absolute Gasteiger partial charge is 0.348 e. The van der Waals surface area contributed by atoms with E-state index in [-0.39, 0.29) is 11.9 Å². The van der Waals surface area contributed by atoms with Crippen LogP contribution in [0, 0.1) is 0 Å². The van der Waals surface area contributed by atoms with Crippen molar-refractivity contribution in [2.45, 2.75) is 26.3 Å².